The summed E-state index contributed by atoms with van der Waals surface area (Å²) in [5.41, 5.74) is 0.0677. The number of carbonyl (C=O) groups excluding carboxylic acids is 2. The third kappa shape index (κ3) is 7.02. The molecule has 0 aliphatic carbocycles. The Morgan fingerprint density at radius 2 is 1.88 bits per heavy atom. The summed E-state index contributed by atoms with van der Waals surface area (Å²) >= 11 is 0. The molecule has 0 aliphatic rings. The molecule has 1 aromatic rings. The van der Waals surface area contributed by atoms with Crippen LogP contribution in [0.2, 0.25) is 0 Å². The lowest BCUT2D eigenvalue weighted by molar-refractivity contribution is -0.125. The highest BCUT2D eigenvalue weighted by atomic mass is 16.6. The Morgan fingerprint density at radius 1 is 1.25 bits per heavy atom. The molecule has 0 bridgehead atoms. The van der Waals surface area contributed by atoms with Gasteiger partial charge in [-0.3, -0.25) is 4.79 Å². The maximum absolute atomic E-state index is 12.3. The molecule has 0 aromatic carbocycles. The maximum atomic E-state index is 12.3. The minimum absolute atomic E-state index is 0.0677. The van der Waals surface area contributed by atoms with Crippen LogP contribution >= 0.6 is 0 Å². The van der Waals surface area contributed by atoms with Crippen LogP contribution in [-0.4, -0.2) is 39.2 Å². The number of aromatic nitrogens is 2. The van der Waals surface area contributed by atoms with Crippen molar-refractivity contribution in [2.75, 3.05) is 6.54 Å². The summed E-state index contributed by atoms with van der Waals surface area (Å²) in [5.74, 6) is -0.0677. The summed E-state index contributed by atoms with van der Waals surface area (Å²) in [5, 5.41) is 5.67. The number of ether oxygens (including phenoxy) is 1. The Balaban J connectivity index is 2.59. The first kappa shape index (κ1) is 20.0. The predicted octanol–water partition coefficient (Wildman–Crippen LogP) is 2.43. The number of nitrogens with zero attached hydrogens (tertiary/aromatic N) is 2. The largest absolute Gasteiger partial charge is 0.444 e. The van der Waals surface area contributed by atoms with E-state index in [0.717, 1.165) is 5.69 Å². The van der Waals surface area contributed by atoms with Crippen molar-refractivity contribution in [2.45, 2.75) is 72.1 Å². The first-order chi connectivity index (χ1) is 10.9. The summed E-state index contributed by atoms with van der Waals surface area (Å²) in [4.78, 5) is 28.1. The molecule has 7 heteroatoms. The predicted molar refractivity (Wildman–Crippen MR) is 92.8 cm³/mol. The average molecular weight is 338 g/mol. The molecule has 0 fully saturated rings. The standard InChI is InChI=1S/C17H30N4O3/c1-12(14(22)20-16(2,3)4)21-11-18-10-13(21)8-9-19-15(23)24-17(5,6)7/h10-12H,8-9H2,1-7H3,(H,19,23)(H,20,22). The van der Waals surface area contributed by atoms with Crippen molar-refractivity contribution in [1.29, 1.82) is 0 Å². The molecule has 0 saturated heterocycles. The second-order valence-corrected chi connectivity index (χ2v) is 7.89. The fourth-order valence-corrected chi connectivity index (χ4v) is 2.08. The molecule has 24 heavy (non-hydrogen) atoms. The zero-order valence-electron chi connectivity index (χ0n) is 15.8. The quantitative estimate of drug-likeness (QED) is 0.863. The van der Waals surface area contributed by atoms with Gasteiger partial charge in [0.05, 0.1) is 6.33 Å². The van der Waals surface area contributed by atoms with Gasteiger partial charge in [0, 0.05) is 30.4 Å². The van der Waals surface area contributed by atoms with Crippen molar-refractivity contribution in [3.63, 3.8) is 0 Å². The number of amides is 2. The van der Waals surface area contributed by atoms with Crippen LogP contribution in [0.1, 0.15) is 60.2 Å². The monoisotopic (exact) mass is 338 g/mol. The van der Waals surface area contributed by atoms with Crippen molar-refractivity contribution in [3.05, 3.63) is 18.2 Å². The summed E-state index contributed by atoms with van der Waals surface area (Å²) in [6.07, 6.45) is 3.45. The zero-order valence-corrected chi connectivity index (χ0v) is 15.8. The molecule has 0 radical (unpaired) electrons. The van der Waals surface area contributed by atoms with E-state index in [2.05, 4.69) is 15.6 Å². The molecule has 0 aliphatic heterocycles. The lowest BCUT2D eigenvalue weighted by Gasteiger charge is -2.24. The Kier molecular flexibility index (Phi) is 6.40. The van der Waals surface area contributed by atoms with Gasteiger partial charge in [0.2, 0.25) is 5.91 Å². The molecule has 136 valence electrons. The van der Waals surface area contributed by atoms with Gasteiger partial charge in [-0.15, -0.1) is 0 Å². The van der Waals surface area contributed by atoms with Crippen molar-refractivity contribution in [2.24, 2.45) is 0 Å². The second-order valence-electron chi connectivity index (χ2n) is 7.89. The SMILES string of the molecule is CC(C(=O)NC(C)(C)C)n1cncc1CCNC(=O)OC(C)(C)C. The highest BCUT2D eigenvalue weighted by molar-refractivity contribution is 5.80. The van der Waals surface area contributed by atoms with Gasteiger partial charge in [-0.2, -0.15) is 0 Å². The average Bonchev–Trinajstić information content (AvgIpc) is 2.81. The minimum atomic E-state index is -0.522. The number of hydrogen-bond acceptors (Lipinski definition) is 4. The lowest BCUT2D eigenvalue weighted by Crippen LogP contribution is -2.44. The summed E-state index contributed by atoms with van der Waals surface area (Å²) in [6, 6.07) is -0.372. The number of carbonyl (C=O) groups is 2. The molecule has 7 nitrogen and oxygen atoms in total. The van der Waals surface area contributed by atoms with Crippen LogP contribution in [0, 0.1) is 0 Å². The van der Waals surface area contributed by atoms with Crippen molar-refractivity contribution in [1.82, 2.24) is 20.2 Å². The molecule has 1 aromatic heterocycles. The molecule has 0 spiro atoms. The molecule has 2 N–H and O–H groups in total. The van der Waals surface area contributed by atoms with Gasteiger partial charge in [0.15, 0.2) is 0 Å². The Hall–Kier alpha value is -2.05. The molecular formula is C17H30N4O3. The lowest BCUT2D eigenvalue weighted by atomic mass is 10.1. The number of nitrogens with one attached hydrogen (secondary N) is 2. The van der Waals surface area contributed by atoms with Crippen molar-refractivity contribution >= 4 is 12.0 Å². The van der Waals surface area contributed by atoms with Gasteiger partial charge in [-0.25, -0.2) is 9.78 Å². The second kappa shape index (κ2) is 7.68. The smallest absolute Gasteiger partial charge is 0.407 e. The van der Waals surface area contributed by atoms with Gasteiger partial charge in [0.25, 0.3) is 0 Å². The Morgan fingerprint density at radius 3 is 2.42 bits per heavy atom. The molecule has 1 atom stereocenters. The van der Waals surface area contributed by atoms with Crippen LogP contribution in [0.3, 0.4) is 0 Å². The minimum Gasteiger partial charge on any atom is -0.444 e. The van der Waals surface area contributed by atoms with Crippen molar-refractivity contribution in [3.8, 4) is 0 Å². The summed E-state index contributed by atoms with van der Waals surface area (Å²) in [7, 11) is 0. The van der Waals surface area contributed by atoms with Gasteiger partial charge in [-0.1, -0.05) is 0 Å². The summed E-state index contributed by atoms with van der Waals surface area (Å²) < 4.78 is 7.01. The fraction of sp³-hybridized carbons (Fsp3) is 0.706. The first-order valence-electron chi connectivity index (χ1n) is 8.18. The van der Waals surface area contributed by atoms with Crippen molar-refractivity contribution < 1.29 is 14.3 Å². The summed E-state index contributed by atoms with van der Waals surface area (Å²) in [6.45, 7) is 13.5. The molecular weight excluding hydrogens is 308 g/mol. The van der Waals surface area contributed by atoms with Crippen LogP contribution in [0.25, 0.3) is 0 Å². The molecule has 1 heterocycles. The zero-order chi connectivity index (χ0) is 18.5. The van der Waals surface area contributed by atoms with E-state index in [9.17, 15) is 9.59 Å². The first-order valence-corrected chi connectivity index (χ1v) is 8.18. The number of hydrogen-bond donors (Lipinski definition) is 2. The normalized spacial score (nSPS) is 13.3. The van der Waals surface area contributed by atoms with E-state index >= 15 is 0 Å². The third-order valence-electron chi connectivity index (χ3n) is 3.09. The molecule has 1 rings (SSSR count). The van der Waals surface area contributed by atoms with Crippen LogP contribution in [0.15, 0.2) is 12.5 Å². The molecule has 0 saturated carbocycles. The van der Waals surface area contributed by atoms with E-state index in [1.807, 2.05) is 53.0 Å². The van der Waals surface area contributed by atoms with E-state index in [0.29, 0.717) is 13.0 Å². The van der Waals surface area contributed by atoms with Crippen LogP contribution < -0.4 is 10.6 Å². The molecule has 2 amide bonds. The highest BCUT2D eigenvalue weighted by Gasteiger charge is 2.22. The van der Waals surface area contributed by atoms with Crippen LogP contribution in [0.5, 0.6) is 0 Å². The van der Waals surface area contributed by atoms with Gasteiger partial charge in [0.1, 0.15) is 11.6 Å². The topological polar surface area (TPSA) is 85.3 Å². The van der Waals surface area contributed by atoms with Crippen LogP contribution in [0.4, 0.5) is 4.79 Å². The Labute approximate surface area is 144 Å². The maximum Gasteiger partial charge on any atom is 0.407 e. The van der Waals surface area contributed by atoms with Gasteiger partial charge < -0.3 is 19.9 Å². The van der Waals surface area contributed by atoms with Gasteiger partial charge in [-0.05, 0) is 48.5 Å². The van der Waals surface area contributed by atoms with E-state index in [4.69, 9.17) is 4.74 Å². The van der Waals surface area contributed by atoms with E-state index in [-0.39, 0.29) is 17.5 Å². The number of imidazole rings is 1. The number of alkyl carbamates (subject to hydrolysis) is 1. The van der Waals surface area contributed by atoms with Gasteiger partial charge >= 0.3 is 6.09 Å². The van der Waals surface area contributed by atoms with E-state index in [1.54, 1.807) is 12.5 Å². The highest BCUT2D eigenvalue weighted by Crippen LogP contribution is 2.13. The van der Waals surface area contributed by atoms with E-state index in [1.165, 1.54) is 0 Å². The van der Waals surface area contributed by atoms with E-state index < -0.39 is 11.7 Å². The molecule has 1 unspecified atom stereocenters. The third-order valence-corrected chi connectivity index (χ3v) is 3.09. The van der Waals surface area contributed by atoms with Crippen LogP contribution in [-0.2, 0) is 16.0 Å². The number of rotatable bonds is 5. The fourth-order valence-electron chi connectivity index (χ4n) is 2.08. The Bertz CT molecular complexity index is 567.